The van der Waals surface area contributed by atoms with E-state index in [1.165, 1.54) is 7.11 Å². The average molecular weight is 272 g/mol. The molecule has 0 bridgehead atoms. The number of rotatable bonds is 1. The van der Waals surface area contributed by atoms with E-state index >= 15 is 0 Å². The van der Waals surface area contributed by atoms with Gasteiger partial charge >= 0.3 is 5.97 Å². The second kappa shape index (κ2) is 3.93. The summed E-state index contributed by atoms with van der Waals surface area (Å²) in [6, 6.07) is 5.13. The van der Waals surface area contributed by atoms with Crippen LogP contribution in [0.25, 0.3) is 0 Å². The second-order valence-electron chi connectivity index (χ2n) is 2.23. The highest BCUT2D eigenvalue weighted by Crippen LogP contribution is 2.10. The predicted octanol–water partition coefficient (Wildman–Crippen LogP) is 0.872. The van der Waals surface area contributed by atoms with Gasteiger partial charge in [-0.2, -0.15) is 0 Å². The lowest BCUT2D eigenvalue weighted by molar-refractivity contribution is 0.0599. The van der Waals surface area contributed by atoms with Crippen molar-refractivity contribution in [3.8, 4) is 0 Å². The molecule has 0 aliphatic rings. The Balaban J connectivity index is 3.13. The summed E-state index contributed by atoms with van der Waals surface area (Å²) in [6.07, 6.45) is 0. The Morgan fingerprint density at radius 1 is 1.58 bits per heavy atom. The van der Waals surface area contributed by atoms with E-state index in [0.29, 0.717) is 11.0 Å². The topological polar surface area (TPSA) is 26.3 Å². The SMILES string of the molecule is [B]c1ccc(I)c(C(=O)OC)c1. The van der Waals surface area contributed by atoms with Gasteiger partial charge in [0.2, 0.25) is 0 Å². The third-order valence-corrected chi connectivity index (χ3v) is 2.34. The van der Waals surface area contributed by atoms with Gasteiger partial charge in [-0.3, -0.25) is 0 Å². The molecule has 12 heavy (non-hydrogen) atoms. The molecule has 2 radical (unpaired) electrons. The van der Waals surface area contributed by atoms with Crippen molar-refractivity contribution in [1.82, 2.24) is 0 Å². The van der Waals surface area contributed by atoms with Crippen LogP contribution in [-0.4, -0.2) is 20.9 Å². The Morgan fingerprint density at radius 2 is 2.25 bits per heavy atom. The summed E-state index contributed by atoms with van der Waals surface area (Å²) in [6.45, 7) is 0. The molecule has 1 aromatic carbocycles. The standard InChI is InChI=1S/C8H6BIO2/c1-12-8(11)6-4-5(9)2-3-7(6)10/h2-4H,1H3. The first kappa shape index (κ1) is 9.57. The van der Waals surface area contributed by atoms with Gasteiger partial charge in [0.1, 0.15) is 7.85 Å². The van der Waals surface area contributed by atoms with Gasteiger partial charge in [0.05, 0.1) is 12.7 Å². The number of carbonyl (C=O) groups is 1. The lowest BCUT2D eigenvalue weighted by atomic mass is 9.94. The fourth-order valence-electron chi connectivity index (χ4n) is 0.809. The van der Waals surface area contributed by atoms with Crippen LogP contribution in [0.2, 0.25) is 0 Å². The zero-order chi connectivity index (χ0) is 9.14. The van der Waals surface area contributed by atoms with E-state index in [1.807, 2.05) is 0 Å². The molecule has 4 heteroatoms. The van der Waals surface area contributed by atoms with Crippen LogP contribution >= 0.6 is 22.6 Å². The molecule has 0 N–H and O–H groups in total. The van der Waals surface area contributed by atoms with Crippen LogP contribution in [0, 0.1) is 3.57 Å². The van der Waals surface area contributed by atoms with Gasteiger partial charge in [-0.15, -0.1) is 0 Å². The van der Waals surface area contributed by atoms with Gasteiger partial charge in [-0.05, 0) is 28.7 Å². The number of esters is 1. The van der Waals surface area contributed by atoms with E-state index in [0.717, 1.165) is 3.57 Å². The van der Waals surface area contributed by atoms with Gasteiger partial charge in [-0.25, -0.2) is 4.79 Å². The maximum Gasteiger partial charge on any atom is 0.338 e. The van der Waals surface area contributed by atoms with Crippen molar-refractivity contribution >= 4 is 41.9 Å². The molecule has 0 fully saturated rings. The minimum atomic E-state index is -0.355. The number of hydrogen-bond donors (Lipinski definition) is 0. The van der Waals surface area contributed by atoms with Crippen molar-refractivity contribution in [2.24, 2.45) is 0 Å². The van der Waals surface area contributed by atoms with Crippen molar-refractivity contribution in [1.29, 1.82) is 0 Å². The highest BCUT2D eigenvalue weighted by molar-refractivity contribution is 14.1. The molecule has 0 saturated carbocycles. The first-order valence-electron chi connectivity index (χ1n) is 3.28. The molecule has 0 amide bonds. The summed E-state index contributed by atoms with van der Waals surface area (Å²) < 4.78 is 5.41. The van der Waals surface area contributed by atoms with Crippen molar-refractivity contribution < 1.29 is 9.53 Å². The Bertz CT molecular complexity index is 312. The van der Waals surface area contributed by atoms with E-state index in [1.54, 1.807) is 18.2 Å². The Kier molecular flexibility index (Phi) is 3.14. The van der Waals surface area contributed by atoms with Gasteiger partial charge in [0.25, 0.3) is 0 Å². The molecule has 0 spiro atoms. The zero-order valence-electron chi connectivity index (χ0n) is 6.50. The first-order valence-corrected chi connectivity index (χ1v) is 4.36. The monoisotopic (exact) mass is 272 g/mol. The van der Waals surface area contributed by atoms with Crippen LogP contribution in [0.5, 0.6) is 0 Å². The molecule has 0 aliphatic carbocycles. The zero-order valence-corrected chi connectivity index (χ0v) is 8.66. The summed E-state index contributed by atoms with van der Waals surface area (Å²) in [5.74, 6) is -0.355. The van der Waals surface area contributed by atoms with E-state index in [2.05, 4.69) is 27.3 Å². The highest BCUT2D eigenvalue weighted by atomic mass is 127. The third-order valence-electron chi connectivity index (χ3n) is 1.40. The molecule has 2 nitrogen and oxygen atoms in total. The van der Waals surface area contributed by atoms with E-state index in [4.69, 9.17) is 7.85 Å². The second-order valence-corrected chi connectivity index (χ2v) is 3.39. The largest absolute Gasteiger partial charge is 0.465 e. The minimum absolute atomic E-state index is 0.355. The molecule has 1 rings (SSSR count). The molecule has 1 aromatic rings. The Morgan fingerprint density at radius 3 is 2.83 bits per heavy atom. The molecular weight excluding hydrogens is 266 g/mol. The fraction of sp³-hybridized carbons (Fsp3) is 0.125. The summed E-state index contributed by atoms with van der Waals surface area (Å²) in [5, 5.41) is 0. The van der Waals surface area contributed by atoms with E-state index < -0.39 is 0 Å². The molecule has 0 aliphatic heterocycles. The summed E-state index contributed by atoms with van der Waals surface area (Å²) >= 11 is 2.06. The number of halogens is 1. The van der Waals surface area contributed by atoms with Crippen molar-refractivity contribution in [3.05, 3.63) is 27.3 Å². The Hall–Kier alpha value is -0.515. The summed E-state index contributed by atoms with van der Waals surface area (Å²) in [4.78, 5) is 11.1. The molecule has 0 aromatic heterocycles. The van der Waals surface area contributed by atoms with Crippen LogP contribution in [-0.2, 0) is 4.74 Å². The summed E-state index contributed by atoms with van der Waals surface area (Å²) in [5.41, 5.74) is 1.08. The number of hydrogen-bond acceptors (Lipinski definition) is 2. The van der Waals surface area contributed by atoms with Crippen LogP contribution in [0.15, 0.2) is 18.2 Å². The lowest BCUT2D eigenvalue weighted by Crippen LogP contribution is -2.10. The Labute approximate surface area is 85.8 Å². The number of benzene rings is 1. The summed E-state index contributed by atoms with van der Waals surface area (Å²) in [7, 11) is 6.86. The van der Waals surface area contributed by atoms with E-state index in [9.17, 15) is 4.79 Å². The molecule has 60 valence electrons. The maximum atomic E-state index is 11.1. The molecular formula is C8H6BIO2. The van der Waals surface area contributed by atoms with Crippen molar-refractivity contribution in [2.45, 2.75) is 0 Å². The first-order chi connectivity index (χ1) is 5.65. The fourth-order valence-corrected chi connectivity index (χ4v) is 1.36. The van der Waals surface area contributed by atoms with E-state index in [-0.39, 0.29) is 5.97 Å². The van der Waals surface area contributed by atoms with Gasteiger partial charge in [0.15, 0.2) is 0 Å². The van der Waals surface area contributed by atoms with Gasteiger partial charge < -0.3 is 4.74 Å². The van der Waals surface area contributed by atoms with Crippen LogP contribution in [0.4, 0.5) is 0 Å². The molecule has 0 saturated heterocycles. The van der Waals surface area contributed by atoms with Crippen LogP contribution < -0.4 is 5.46 Å². The molecule has 0 unspecified atom stereocenters. The van der Waals surface area contributed by atoms with Crippen LogP contribution in [0.3, 0.4) is 0 Å². The molecule has 0 atom stereocenters. The average Bonchev–Trinajstić information content (AvgIpc) is 2.08. The number of methoxy groups -OCH3 is 1. The predicted molar refractivity (Wildman–Crippen MR) is 55.9 cm³/mol. The molecule has 0 heterocycles. The van der Waals surface area contributed by atoms with Gasteiger partial charge in [-0.1, -0.05) is 17.6 Å². The van der Waals surface area contributed by atoms with Crippen molar-refractivity contribution in [2.75, 3.05) is 7.11 Å². The third kappa shape index (κ3) is 2.00. The number of ether oxygens (including phenoxy) is 1. The normalized spacial score (nSPS) is 9.50. The highest BCUT2D eigenvalue weighted by Gasteiger charge is 2.08. The van der Waals surface area contributed by atoms with Crippen molar-refractivity contribution in [3.63, 3.8) is 0 Å². The maximum absolute atomic E-state index is 11.1. The smallest absolute Gasteiger partial charge is 0.338 e. The van der Waals surface area contributed by atoms with Gasteiger partial charge in [0, 0.05) is 3.57 Å². The quantitative estimate of drug-likeness (QED) is 0.431. The van der Waals surface area contributed by atoms with Crippen LogP contribution in [0.1, 0.15) is 10.4 Å². The number of carbonyl (C=O) groups excluding carboxylic acids is 1. The minimum Gasteiger partial charge on any atom is -0.465 e. The lowest BCUT2D eigenvalue weighted by Gasteiger charge is -2.02.